The molecule has 1 aliphatic rings. The summed E-state index contributed by atoms with van der Waals surface area (Å²) in [7, 11) is 0. The van der Waals surface area contributed by atoms with Crippen LogP contribution in [0.15, 0.2) is 16.5 Å². The summed E-state index contributed by atoms with van der Waals surface area (Å²) in [6.45, 7) is 9.19. The minimum Gasteiger partial charge on any atom is -0.477 e. The van der Waals surface area contributed by atoms with Crippen molar-refractivity contribution in [2.45, 2.75) is 46.3 Å². The monoisotopic (exact) mass is 390 g/mol. The first-order chi connectivity index (χ1) is 13.4. The van der Waals surface area contributed by atoms with E-state index in [1.807, 2.05) is 6.92 Å². The fourth-order valence-corrected chi connectivity index (χ4v) is 2.75. The lowest BCUT2D eigenvalue weighted by Crippen LogP contribution is -2.47. The number of urea groups is 1. The molecule has 28 heavy (non-hydrogen) atoms. The second kappa shape index (κ2) is 8.96. The van der Waals surface area contributed by atoms with Crippen molar-refractivity contribution in [3.05, 3.63) is 23.9 Å². The Balaban J connectivity index is 1.56. The van der Waals surface area contributed by atoms with Crippen LogP contribution in [0, 0.1) is 12.8 Å². The second-order valence-corrected chi connectivity index (χ2v) is 7.22. The molecule has 3 heterocycles. The lowest BCUT2D eigenvalue weighted by Gasteiger charge is -2.35. The molecule has 0 spiro atoms. The number of nitrogens with zero attached hydrogens (tertiary/aromatic N) is 5. The Morgan fingerprint density at radius 2 is 2.11 bits per heavy atom. The largest absolute Gasteiger partial charge is 0.477 e. The molecule has 152 valence electrons. The number of carbonyl (C=O) groups is 1. The highest BCUT2D eigenvalue weighted by atomic mass is 16.5. The van der Waals surface area contributed by atoms with Crippen LogP contribution in [-0.2, 0) is 4.74 Å². The minimum atomic E-state index is -0.460. The number of aryl methyl sites for hydroxylation is 1. The van der Waals surface area contributed by atoms with Gasteiger partial charge < -0.3 is 18.8 Å². The van der Waals surface area contributed by atoms with Crippen LogP contribution in [0.4, 0.5) is 10.6 Å². The molecule has 1 saturated heterocycles. The first-order valence-corrected chi connectivity index (χ1v) is 9.38. The van der Waals surface area contributed by atoms with E-state index in [0.29, 0.717) is 49.1 Å². The zero-order valence-corrected chi connectivity index (χ0v) is 16.6. The summed E-state index contributed by atoms with van der Waals surface area (Å²) in [5.41, 5.74) is 0. The Bertz CT molecular complexity index is 779. The summed E-state index contributed by atoms with van der Waals surface area (Å²) >= 11 is 0. The summed E-state index contributed by atoms with van der Waals surface area (Å²) in [5.74, 6) is 2.17. The Morgan fingerprint density at radius 1 is 1.29 bits per heavy atom. The summed E-state index contributed by atoms with van der Waals surface area (Å²) in [5, 5.41) is 18.6. The number of amides is 2. The molecule has 1 N–H and O–H groups in total. The Hall–Kier alpha value is -2.75. The molecule has 0 radical (unpaired) electrons. The lowest BCUT2D eigenvalue weighted by molar-refractivity contribution is -0.0754. The number of carbonyl (C=O) groups excluding carboxylic acids is 1. The molecule has 1 aliphatic heterocycles. The highest BCUT2D eigenvalue weighted by Crippen LogP contribution is 2.24. The number of hydrogen-bond donors (Lipinski definition) is 1. The van der Waals surface area contributed by atoms with Crippen LogP contribution in [0.1, 0.15) is 45.1 Å². The lowest BCUT2D eigenvalue weighted by atomic mass is 10.1. The average molecular weight is 390 g/mol. The third-order valence-corrected chi connectivity index (χ3v) is 4.18. The van der Waals surface area contributed by atoms with Gasteiger partial charge in [-0.3, -0.25) is 5.32 Å². The van der Waals surface area contributed by atoms with Gasteiger partial charge in [-0.2, -0.15) is 0 Å². The van der Waals surface area contributed by atoms with Gasteiger partial charge >= 0.3 is 6.03 Å². The predicted molar refractivity (Wildman–Crippen MR) is 99.9 cm³/mol. The minimum absolute atomic E-state index is 0.167. The number of anilines is 1. The maximum absolute atomic E-state index is 12.6. The van der Waals surface area contributed by atoms with Gasteiger partial charge in [-0.05, 0) is 25.3 Å². The quantitative estimate of drug-likeness (QED) is 0.800. The molecule has 10 heteroatoms. The summed E-state index contributed by atoms with van der Waals surface area (Å²) < 4.78 is 16.8. The molecular formula is C18H26N6O4. The molecule has 2 aromatic rings. The average Bonchev–Trinajstić information content (AvgIpc) is 3.09. The van der Waals surface area contributed by atoms with Crippen molar-refractivity contribution in [3.63, 3.8) is 0 Å². The molecule has 0 aliphatic carbocycles. The van der Waals surface area contributed by atoms with Gasteiger partial charge in [0, 0.05) is 19.5 Å². The topological polar surface area (TPSA) is 116 Å². The first kappa shape index (κ1) is 20.0. The van der Waals surface area contributed by atoms with Crippen molar-refractivity contribution in [2.75, 3.05) is 25.0 Å². The molecule has 10 nitrogen and oxygen atoms in total. The molecule has 2 amide bonds. The van der Waals surface area contributed by atoms with E-state index in [1.165, 1.54) is 0 Å². The van der Waals surface area contributed by atoms with Crippen molar-refractivity contribution in [3.8, 4) is 5.88 Å². The van der Waals surface area contributed by atoms with Crippen LogP contribution in [0.2, 0.25) is 0 Å². The van der Waals surface area contributed by atoms with E-state index in [4.69, 9.17) is 13.9 Å². The molecule has 0 saturated carbocycles. The summed E-state index contributed by atoms with van der Waals surface area (Å²) in [6.07, 6.45) is 0.314. The Kier molecular flexibility index (Phi) is 6.40. The molecule has 3 rings (SSSR count). The van der Waals surface area contributed by atoms with E-state index in [2.05, 4.69) is 39.6 Å². The molecule has 1 fully saturated rings. The van der Waals surface area contributed by atoms with Crippen LogP contribution >= 0.6 is 0 Å². The Labute approximate surface area is 163 Å². The van der Waals surface area contributed by atoms with E-state index >= 15 is 0 Å². The van der Waals surface area contributed by atoms with Gasteiger partial charge in [0.1, 0.15) is 0 Å². The fraction of sp³-hybridized carbons (Fsp3) is 0.611. The first-order valence-electron chi connectivity index (χ1n) is 9.38. The van der Waals surface area contributed by atoms with Gasteiger partial charge in [-0.15, -0.1) is 20.4 Å². The highest BCUT2D eigenvalue weighted by Gasteiger charge is 2.32. The van der Waals surface area contributed by atoms with E-state index in [1.54, 1.807) is 24.0 Å². The number of aromatic nitrogens is 4. The molecule has 0 aromatic carbocycles. The normalized spacial score (nSPS) is 19.7. The van der Waals surface area contributed by atoms with Crippen LogP contribution in [-0.4, -0.2) is 57.1 Å². The van der Waals surface area contributed by atoms with E-state index in [0.717, 1.165) is 6.42 Å². The van der Waals surface area contributed by atoms with Gasteiger partial charge in [-0.25, -0.2) is 4.79 Å². The zero-order chi connectivity index (χ0) is 20.1. The van der Waals surface area contributed by atoms with E-state index in [-0.39, 0.29) is 12.1 Å². The molecular weight excluding hydrogens is 364 g/mol. The van der Waals surface area contributed by atoms with Crippen molar-refractivity contribution >= 4 is 11.8 Å². The third-order valence-electron chi connectivity index (χ3n) is 4.18. The molecule has 2 atom stereocenters. The standard InChI is InChI=1S/C18H26N6O4/c1-11(2)7-8-26-16-6-5-15(21-22-16)19-18(25)24-9-12(3)27-14(10-24)17-23-20-13(4)28-17/h5-6,11-12,14H,7-10H2,1-4H3,(H,19,21,25)/t12-,14-/m0/s1. The number of ether oxygens (including phenoxy) is 2. The van der Waals surface area contributed by atoms with E-state index < -0.39 is 6.10 Å². The van der Waals surface area contributed by atoms with Crippen LogP contribution in [0.3, 0.4) is 0 Å². The summed E-state index contributed by atoms with van der Waals surface area (Å²) in [4.78, 5) is 14.3. The molecule has 0 bridgehead atoms. The van der Waals surface area contributed by atoms with Gasteiger partial charge in [0.2, 0.25) is 17.7 Å². The zero-order valence-electron chi connectivity index (χ0n) is 16.6. The van der Waals surface area contributed by atoms with Crippen LogP contribution < -0.4 is 10.1 Å². The second-order valence-electron chi connectivity index (χ2n) is 7.22. The number of hydrogen-bond acceptors (Lipinski definition) is 8. The number of nitrogens with one attached hydrogen (secondary N) is 1. The van der Waals surface area contributed by atoms with Crippen molar-refractivity contribution < 1.29 is 18.7 Å². The maximum Gasteiger partial charge on any atom is 0.323 e. The predicted octanol–water partition coefficient (Wildman–Crippen LogP) is 2.59. The van der Waals surface area contributed by atoms with E-state index in [9.17, 15) is 4.79 Å². The van der Waals surface area contributed by atoms with Gasteiger partial charge in [0.15, 0.2) is 11.9 Å². The third kappa shape index (κ3) is 5.38. The van der Waals surface area contributed by atoms with Crippen LogP contribution in [0.5, 0.6) is 5.88 Å². The van der Waals surface area contributed by atoms with Crippen molar-refractivity contribution in [1.82, 2.24) is 25.3 Å². The summed E-state index contributed by atoms with van der Waals surface area (Å²) in [6, 6.07) is 3.06. The fourth-order valence-electron chi connectivity index (χ4n) is 2.75. The van der Waals surface area contributed by atoms with Gasteiger partial charge in [0.25, 0.3) is 0 Å². The molecule has 0 unspecified atom stereocenters. The van der Waals surface area contributed by atoms with Gasteiger partial charge in [-0.1, -0.05) is 13.8 Å². The highest BCUT2D eigenvalue weighted by molar-refractivity contribution is 5.88. The number of morpholine rings is 1. The smallest absolute Gasteiger partial charge is 0.323 e. The van der Waals surface area contributed by atoms with Crippen molar-refractivity contribution in [1.29, 1.82) is 0 Å². The van der Waals surface area contributed by atoms with Crippen LogP contribution in [0.25, 0.3) is 0 Å². The van der Waals surface area contributed by atoms with Gasteiger partial charge in [0.05, 0.1) is 19.3 Å². The van der Waals surface area contributed by atoms with Crippen molar-refractivity contribution in [2.24, 2.45) is 5.92 Å². The Morgan fingerprint density at radius 3 is 2.75 bits per heavy atom. The number of rotatable bonds is 6. The molecule has 2 aromatic heterocycles. The maximum atomic E-state index is 12.6. The SMILES string of the molecule is Cc1nnc([C@@H]2CN(C(=O)Nc3ccc(OCCC(C)C)nn3)C[C@H](C)O2)o1.